The third kappa shape index (κ3) is 11.8. The van der Waals surface area contributed by atoms with Gasteiger partial charge >= 0.3 is 0 Å². The van der Waals surface area contributed by atoms with E-state index in [1.807, 2.05) is 13.8 Å². The highest BCUT2D eigenvalue weighted by molar-refractivity contribution is 4.67. The minimum atomic E-state index is -2.72. The summed E-state index contributed by atoms with van der Waals surface area (Å²) in [5.74, 6) is -2.72. The van der Waals surface area contributed by atoms with Gasteiger partial charge in [-0.2, -0.15) is 0 Å². The van der Waals surface area contributed by atoms with Gasteiger partial charge in [0.15, 0.2) is 0 Å². The van der Waals surface area contributed by atoms with Crippen molar-refractivity contribution in [3.63, 3.8) is 0 Å². The first-order valence-electron chi connectivity index (χ1n) is 4.58. The summed E-state index contributed by atoms with van der Waals surface area (Å²) in [6.45, 7) is 5.30. The van der Waals surface area contributed by atoms with Crippen LogP contribution in [0, 0.1) is 0 Å². The summed E-state index contributed by atoms with van der Waals surface area (Å²) in [5, 5.41) is 0. The zero-order valence-corrected chi connectivity index (χ0v) is 9.23. The van der Waals surface area contributed by atoms with Gasteiger partial charge in [-0.3, -0.25) is 0 Å². The van der Waals surface area contributed by atoms with Crippen molar-refractivity contribution in [1.29, 1.82) is 0 Å². The summed E-state index contributed by atoms with van der Waals surface area (Å²) in [7, 11) is 3.22. The van der Waals surface area contributed by atoms with Crippen LogP contribution in [0.15, 0.2) is 0 Å². The molecule has 0 amide bonds. The molecule has 0 saturated carbocycles. The fourth-order valence-electron chi connectivity index (χ4n) is 0.760. The van der Waals surface area contributed by atoms with Crippen LogP contribution in [0.2, 0.25) is 0 Å². The molecule has 0 rings (SSSR count). The van der Waals surface area contributed by atoms with Crippen LogP contribution < -0.4 is 0 Å². The van der Waals surface area contributed by atoms with E-state index < -0.39 is 12.5 Å². The van der Waals surface area contributed by atoms with Crippen molar-refractivity contribution in [1.82, 2.24) is 4.90 Å². The largest absolute Gasteiger partial charge is 0.375 e. The Bertz CT molecular complexity index is 108. The van der Waals surface area contributed by atoms with Crippen LogP contribution in [0.25, 0.3) is 0 Å². The zero-order chi connectivity index (χ0) is 10.9. The number of halogens is 2. The number of ether oxygens (including phenoxy) is 1. The summed E-state index contributed by atoms with van der Waals surface area (Å²) in [5.41, 5.74) is 0. The minimum absolute atomic E-state index is 0.257. The van der Waals surface area contributed by atoms with Crippen LogP contribution in [0.1, 0.15) is 20.8 Å². The summed E-state index contributed by atoms with van der Waals surface area (Å²) in [6, 6.07) is 0. The van der Waals surface area contributed by atoms with E-state index in [0.29, 0.717) is 6.61 Å². The highest BCUT2D eigenvalue weighted by Gasteiger charge is 2.29. The van der Waals surface area contributed by atoms with Crippen molar-refractivity contribution >= 4 is 0 Å². The monoisotopic (exact) mass is 197 g/mol. The normalized spacial score (nSPS) is 11.1. The second kappa shape index (κ2) is 8.38. The van der Waals surface area contributed by atoms with Gasteiger partial charge in [-0.05, 0) is 21.0 Å². The van der Waals surface area contributed by atoms with Gasteiger partial charge in [-0.1, -0.05) is 13.8 Å². The Morgan fingerprint density at radius 3 is 2.00 bits per heavy atom. The van der Waals surface area contributed by atoms with Gasteiger partial charge in [0.1, 0.15) is 6.61 Å². The van der Waals surface area contributed by atoms with E-state index in [2.05, 4.69) is 4.74 Å². The Morgan fingerprint density at radius 1 is 1.23 bits per heavy atom. The predicted octanol–water partition coefficient (Wildman–Crippen LogP) is 2.25. The molecule has 4 heteroatoms. The van der Waals surface area contributed by atoms with E-state index in [0.717, 1.165) is 0 Å². The quantitative estimate of drug-likeness (QED) is 0.670. The number of hydrogen-bond acceptors (Lipinski definition) is 2. The Morgan fingerprint density at radius 2 is 1.69 bits per heavy atom. The molecule has 0 atom stereocenters. The van der Waals surface area contributed by atoms with Crippen molar-refractivity contribution in [2.45, 2.75) is 26.7 Å². The van der Waals surface area contributed by atoms with E-state index in [1.165, 1.54) is 4.90 Å². The Balaban J connectivity index is 0. The Labute approximate surface area is 79.9 Å². The lowest BCUT2D eigenvalue weighted by molar-refractivity contribution is -0.0865. The second-order valence-electron chi connectivity index (χ2n) is 2.73. The molecule has 0 aliphatic rings. The maximum atomic E-state index is 12.7. The Kier molecular flexibility index (Phi) is 9.84. The fourth-order valence-corrected chi connectivity index (χ4v) is 0.760. The molecule has 0 saturated heterocycles. The van der Waals surface area contributed by atoms with Crippen LogP contribution in [-0.2, 0) is 4.74 Å². The van der Waals surface area contributed by atoms with Gasteiger partial charge in [0.25, 0.3) is 5.92 Å². The molecule has 0 fully saturated rings. The topological polar surface area (TPSA) is 12.5 Å². The molecule has 13 heavy (non-hydrogen) atoms. The molecule has 0 aromatic heterocycles. The SMILES string of the molecule is CC.CCOCC(F)(F)CN(C)C. The van der Waals surface area contributed by atoms with Gasteiger partial charge in [0.2, 0.25) is 0 Å². The van der Waals surface area contributed by atoms with E-state index in [1.54, 1.807) is 21.0 Å². The molecule has 2 nitrogen and oxygen atoms in total. The average molecular weight is 197 g/mol. The number of nitrogens with zero attached hydrogens (tertiary/aromatic N) is 1. The molecule has 0 aliphatic heterocycles. The smallest absolute Gasteiger partial charge is 0.283 e. The van der Waals surface area contributed by atoms with Gasteiger partial charge < -0.3 is 9.64 Å². The molecule has 0 radical (unpaired) electrons. The first-order chi connectivity index (χ1) is 5.98. The highest BCUT2D eigenvalue weighted by atomic mass is 19.3. The molecule has 0 bridgehead atoms. The first-order valence-corrected chi connectivity index (χ1v) is 4.58. The molecule has 0 aromatic rings. The number of alkyl halides is 2. The lowest BCUT2D eigenvalue weighted by Gasteiger charge is -2.19. The van der Waals surface area contributed by atoms with Crippen LogP contribution in [0.5, 0.6) is 0 Å². The van der Waals surface area contributed by atoms with Crippen molar-refractivity contribution < 1.29 is 13.5 Å². The Hall–Kier alpha value is -0.220. The van der Waals surface area contributed by atoms with Crippen molar-refractivity contribution in [3.8, 4) is 0 Å². The van der Waals surface area contributed by atoms with Crippen molar-refractivity contribution in [2.24, 2.45) is 0 Å². The van der Waals surface area contributed by atoms with Gasteiger partial charge in [-0.15, -0.1) is 0 Å². The lowest BCUT2D eigenvalue weighted by atomic mass is 10.3. The van der Waals surface area contributed by atoms with Gasteiger partial charge in [0.05, 0.1) is 6.54 Å². The second-order valence-corrected chi connectivity index (χ2v) is 2.73. The summed E-state index contributed by atoms with van der Waals surface area (Å²) in [4.78, 5) is 1.44. The molecule has 0 spiro atoms. The summed E-state index contributed by atoms with van der Waals surface area (Å²) >= 11 is 0. The standard InChI is InChI=1S/C7H15F2NO.C2H6/c1-4-11-6-7(8,9)5-10(2)3;1-2/h4-6H2,1-3H3;1-2H3. The third-order valence-electron chi connectivity index (χ3n) is 1.06. The van der Waals surface area contributed by atoms with E-state index >= 15 is 0 Å². The number of hydrogen-bond donors (Lipinski definition) is 0. The zero-order valence-electron chi connectivity index (χ0n) is 9.23. The van der Waals surface area contributed by atoms with Gasteiger partial charge in [0, 0.05) is 6.61 Å². The summed E-state index contributed by atoms with van der Waals surface area (Å²) in [6.07, 6.45) is 0. The molecular formula is C9H21F2NO. The van der Waals surface area contributed by atoms with Crippen LogP contribution in [0.3, 0.4) is 0 Å². The predicted molar refractivity (Wildman–Crippen MR) is 51.3 cm³/mol. The molecule has 82 valence electrons. The van der Waals surface area contributed by atoms with Crippen molar-refractivity contribution in [3.05, 3.63) is 0 Å². The molecule has 0 unspecified atom stereocenters. The van der Waals surface area contributed by atoms with E-state index in [9.17, 15) is 8.78 Å². The fraction of sp³-hybridized carbons (Fsp3) is 1.00. The summed E-state index contributed by atoms with van der Waals surface area (Å²) < 4.78 is 30.0. The third-order valence-corrected chi connectivity index (χ3v) is 1.06. The van der Waals surface area contributed by atoms with Crippen molar-refractivity contribution in [2.75, 3.05) is 33.9 Å². The molecular weight excluding hydrogens is 176 g/mol. The maximum absolute atomic E-state index is 12.7. The lowest BCUT2D eigenvalue weighted by Crippen LogP contribution is -2.36. The number of rotatable bonds is 5. The molecule has 0 heterocycles. The highest BCUT2D eigenvalue weighted by Crippen LogP contribution is 2.13. The molecule has 0 aromatic carbocycles. The van der Waals surface area contributed by atoms with E-state index in [-0.39, 0.29) is 6.54 Å². The molecule has 0 N–H and O–H groups in total. The van der Waals surface area contributed by atoms with E-state index in [4.69, 9.17) is 0 Å². The van der Waals surface area contributed by atoms with Crippen LogP contribution in [0.4, 0.5) is 8.78 Å². The van der Waals surface area contributed by atoms with Crippen LogP contribution >= 0.6 is 0 Å². The van der Waals surface area contributed by atoms with Crippen LogP contribution in [-0.4, -0.2) is 44.7 Å². The first kappa shape index (κ1) is 15.3. The molecule has 0 aliphatic carbocycles. The minimum Gasteiger partial charge on any atom is -0.375 e. The maximum Gasteiger partial charge on any atom is 0.283 e. The average Bonchev–Trinajstić information content (AvgIpc) is 2.03. The van der Waals surface area contributed by atoms with Gasteiger partial charge in [-0.25, -0.2) is 8.78 Å².